The second-order valence-electron chi connectivity index (χ2n) is 5.84. The molecule has 2 aromatic carbocycles. The van der Waals surface area contributed by atoms with Gasteiger partial charge in [0, 0.05) is 4.47 Å². The zero-order chi connectivity index (χ0) is 19.1. The van der Waals surface area contributed by atoms with Gasteiger partial charge in [0.25, 0.3) is 5.91 Å². The fourth-order valence-electron chi connectivity index (χ4n) is 2.58. The molecule has 0 aliphatic heterocycles. The van der Waals surface area contributed by atoms with Crippen LogP contribution in [-0.4, -0.2) is 26.7 Å². The van der Waals surface area contributed by atoms with E-state index in [9.17, 15) is 4.79 Å². The molecular weight excluding hydrogens is 398 g/mol. The summed E-state index contributed by atoms with van der Waals surface area (Å²) in [5.74, 6) is 1.79. The summed E-state index contributed by atoms with van der Waals surface area (Å²) >= 11 is 3.45. The fourth-order valence-corrected chi connectivity index (χ4v) is 2.83. The number of carbonyl (C=O) groups is 1. The molecule has 2 rings (SSSR count). The summed E-state index contributed by atoms with van der Waals surface area (Å²) in [6, 6.07) is 11.1. The lowest BCUT2D eigenvalue weighted by Gasteiger charge is -2.19. The maximum atomic E-state index is 12.3. The van der Waals surface area contributed by atoms with Gasteiger partial charge < -0.3 is 19.5 Å². The first kappa shape index (κ1) is 20.1. The number of carbonyl (C=O) groups excluding carboxylic acids is 1. The van der Waals surface area contributed by atoms with Gasteiger partial charge in [-0.25, -0.2) is 0 Å². The molecule has 0 bridgehead atoms. The predicted molar refractivity (Wildman–Crippen MR) is 105 cm³/mol. The maximum absolute atomic E-state index is 12.3. The average Bonchev–Trinajstić information content (AvgIpc) is 2.66. The highest BCUT2D eigenvalue weighted by Crippen LogP contribution is 2.30. The van der Waals surface area contributed by atoms with E-state index in [0.717, 1.165) is 22.0 Å². The first-order chi connectivity index (χ1) is 12.5. The van der Waals surface area contributed by atoms with Gasteiger partial charge in [0.15, 0.2) is 18.1 Å². The highest BCUT2D eigenvalue weighted by molar-refractivity contribution is 9.10. The van der Waals surface area contributed by atoms with E-state index in [1.54, 1.807) is 14.2 Å². The summed E-state index contributed by atoms with van der Waals surface area (Å²) in [7, 11) is 3.19. The second-order valence-corrected chi connectivity index (χ2v) is 6.70. The first-order valence-electron chi connectivity index (χ1n) is 8.38. The molecule has 5 nitrogen and oxygen atoms in total. The normalized spacial score (nSPS) is 11.6. The van der Waals surface area contributed by atoms with Crippen molar-refractivity contribution in [1.29, 1.82) is 0 Å². The van der Waals surface area contributed by atoms with Crippen LogP contribution in [0.4, 0.5) is 0 Å². The molecule has 2 aromatic rings. The monoisotopic (exact) mass is 421 g/mol. The van der Waals surface area contributed by atoms with E-state index in [0.29, 0.717) is 17.2 Å². The van der Waals surface area contributed by atoms with E-state index in [2.05, 4.69) is 21.2 Å². The summed E-state index contributed by atoms with van der Waals surface area (Å²) in [6.45, 7) is 3.95. The number of hydrogen-bond donors (Lipinski definition) is 1. The van der Waals surface area contributed by atoms with Crippen LogP contribution in [0.3, 0.4) is 0 Å². The minimum absolute atomic E-state index is 0.0368. The van der Waals surface area contributed by atoms with Gasteiger partial charge in [0.1, 0.15) is 5.75 Å². The lowest BCUT2D eigenvalue weighted by molar-refractivity contribution is -0.123. The molecule has 0 aliphatic carbocycles. The molecule has 0 saturated carbocycles. The fraction of sp³-hybridized carbons (Fsp3) is 0.350. The van der Waals surface area contributed by atoms with E-state index in [1.807, 2.05) is 50.2 Å². The molecule has 0 saturated heterocycles. The molecule has 0 spiro atoms. The Bertz CT molecular complexity index is 763. The third kappa shape index (κ3) is 5.14. The van der Waals surface area contributed by atoms with Crippen molar-refractivity contribution in [2.24, 2.45) is 0 Å². The Morgan fingerprint density at radius 3 is 2.46 bits per heavy atom. The van der Waals surface area contributed by atoms with Crippen molar-refractivity contribution in [1.82, 2.24) is 5.32 Å². The minimum atomic E-state index is -0.174. The lowest BCUT2D eigenvalue weighted by atomic mass is 10.0. The third-order valence-electron chi connectivity index (χ3n) is 4.05. The molecule has 0 unspecified atom stereocenters. The van der Waals surface area contributed by atoms with Crippen molar-refractivity contribution in [2.75, 3.05) is 20.8 Å². The Kier molecular flexibility index (Phi) is 7.33. The quantitative estimate of drug-likeness (QED) is 0.684. The van der Waals surface area contributed by atoms with Gasteiger partial charge in [-0.1, -0.05) is 28.9 Å². The summed E-state index contributed by atoms with van der Waals surface area (Å²) in [6.07, 6.45) is 0.749. The van der Waals surface area contributed by atoms with Crippen LogP contribution in [0.1, 0.15) is 30.5 Å². The van der Waals surface area contributed by atoms with E-state index >= 15 is 0 Å². The molecule has 1 amide bonds. The van der Waals surface area contributed by atoms with Crippen LogP contribution in [-0.2, 0) is 4.79 Å². The SMILES string of the molecule is CC[C@@H](NC(=O)COc1ccc(Br)c(C)c1)c1ccc(OC)c(OC)c1. The Labute approximate surface area is 162 Å². The smallest absolute Gasteiger partial charge is 0.258 e. The zero-order valence-corrected chi connectivity index (χ0v) is 17.1. The van der Waals surface area contributed by atoms with Crippen molar-refractivity contribution in [3.05, 3.63) is 52.0 Å². The topological polar surface area (TPSA) is 56.8 Å². The van der Waals surface area contributed by atoms with Crippen LogP contribution in [0.25, 0.3) is 0 Å². The number of methoxy groups -OCH3 is 2. The van der Waals surface area contributed by atoms with Gasteiger partial charge in [0.2, 0.25) is 0 Å². The van der Waals surface area contributed by atoms with Gasteiger partial charge in [-0.15, -0.1) is 0 Å². The number of ether oxygens (including phenoxy) is 3. The van der Waals surface area contributed by atoms with E-state index in [-0.39, 0.29) is 18.6 Å². The lowest BCUT2D eigenvalue weighted by Crippen LogP contribution is -2.32. The number of nitrogens with one attached hydrogen (secondary N) is 1. The molecule has 0 fully saturated rings. The number of amides is 1. The van der Waals surface area contributed by atoms with Crippen molar-refractivity contribution in [3.8, 4) is 17.2 Å². The van der Waals surface area contributed by atoms with Gasteiger partial charge >= 0.3 is 0 Å². The average molecular weight is 422 g/mol. The van der Waals surface area contributed by atoms with Crippen LogP contribution >= 0.6 is 15.9 Å². The largest absolute Gasteiger partial charge is 0.493 e. The molecule has 0 aliphatic rings. The molecule has 26 heavy (non-hydrogen) atoms. The Balaban J connectivity index is 2.00. The Morgan fingerprint density at radius 2 is 1.85 bits per heavy atom. The highest BCUT2D eigenvalue weighted by atomic mass is 79.9. The predicted octanol–water partition coefficient (Wildman–Crippen LogP) is 4.42. The summed E-state index contributed by atoms with van der Waals surface area (Å²) in [5, 5.41) is 3.00. The van der Waals surface area contributed by atoms with Crippen molar-refractivity contribution < 1.29 is 19.0 Å². The maximum Gasteiger partial charge on any atom is 0.258 e. The van der Waals surface area contributed by atoms with Crippen molar-refractivity contribution >= 4 is 21.8 Å². The van der Waals surface area contributed by atoms with Crippen LogP contribution in [0.5, 0.6) is 17.2 Å². The van der Waals surface area contributed by atoms with Gasteiger partial charge in [0.05, 0.1) is 20.3 Å². The van der Waals surface area contributed by atoms with E-state index in [4.69, 9.17) is 14.2 Å². The van der Waals surface area contributed by atoms with E-state index in [1.165, 1.54) is 0 Å². The summed E-state index contributed by atoms with van der Waals surface area (Å²) in [4.78, 5) is 12.3. The third-order valence-corrected chi connectivity index (χ3v) is 4.94. The van der Waals surface area contributed by atoms with Crippen molar-refractivity contribution in [3.63, 3.8) is 0 Å². The zero-order valence-electron chi connectivity index (χ0n) is 15.5. The molecule has 140 valence electrons. The standard InChI is InChI=1S/C20H24BrNO4/c1-5-17(14-6-9-18(24-3)19(11-14)25-4)22-20(23)12-26-15-7-8-16(21)13(2)10-15/h6-11,17H,5,12H2,1-4H3,(H,22,23)/t17-/m1/s1. The second kappa shape index (κ2) is 9.48. The first-order valence-corrected chi connectivity index (χ1v) is 9.18. The van der Waals surface area contributed by atoms with Crippen LogP contribution in [0.15, 0.2) is 40.9 Å². The molecule has 0 radical (unpaired) electrons. The number of aryl methyl sites for hydroxylation is 1. The molecular formula is C20H24BrNO4. The molecule has 6 heteroatoms. The molecule has 0 aromatic heterocycles. The molecule has 0 heterocycles. The summed E-state index contributed by atoms with van der Waals surface area (Å²) < 4.78 is 17.2. The van der Waals surface area contributed by atoms with Crippen LogP contribution in [0, 0.1) is 6.92 Å². The molecule has 1 N–H and O–H groups in total. The molecule has 1 atom stereocenters. The van der Waals surface area contributed by atoms with Crippen LogP contribution < -0.4 is 19.5 Å². The number of rotatable bonds is 8. The Hall–Kier alpha value is -2.21. The summed E-state index contributed by atoms with van der Waals surface area (Å²) in [5.41, 5.74) is 2.01. The number of hydrogen-bond acceptors (Lipinski definition) is 4. The minimum Gasteiger partial charge on any atom is -0.493 e. The van der Waals surface area contributed by atoms with Gasteiger partial charge in [-0.2, -0.15) is 0 Å². The number of benzene rings is 2. The van der Waals surface area contributed by atoms with Crippen molar-refractivity contribution in [2.45, 2.75) is 26.3 Å². The highest BCUT2D eigenvalue weighted by Gasteiger charge is 2.16. The number of halogens is 1. The Morgan fingerprint density at radius 1 is 1.12 bits per heavy atom. The van der Waals surface area contributed by atoms with Crippen LogP contribution in [0.2, 0.25) is 0 Å². The van der Waals surface area contributed by atoms with E-state index < -0.39 is 0 Å². The van der Waals surface area contributed by atoms with Gasteiger partial charge in [-0.05, 0) is 54.8 Å². The van der Waals surface area contributed by atoms with Gasteiger partial charge in [-0.3, -0.25) is 4.79 Å².